The Hall–Kier alpha value is -3.27. The van der Waals surface area contributed by atoms with Gasteiger partial charge in [-0.1, -0.05) is 17.7 Å². The molecule has 10 heteroatoms. The van der Waals surface area contributed by atoms with Gasteiger partial charge in [-0.15, -0.1) is 0 Å². The Balaban J connectivity index is 1.88. The molecule has 1 aromatic heterocycles. The molecule has 0 bridgehead atoms. The Morgan fingerprint density at radius 2 is 1.88 bits per heavy atom. The van der Waals surface area contributed by atoms with Crippen molar-refractivity contribution in [3.8, 4) is 17.2 Å². The predicted molar refractivity (Wildman–Crippen MR) is 124 cm³/mol. The minimum Gasteiger partial charge on any atom is -0.496 e. The predicted octanol–water partition coefficient (Wildman–Crippen LogP) is 3.64. The number of hydrogen-bond acceptors (Lipinski definition) is 6. The van der Waals surface area contributed by atoms with Gasteiger partial charge in [0.1, 0.15) is 18.1 Å². The molecular weight excluding hydrogens is 432 g/mol. The Morgan fingerprint density at radius 1 is 1.16 bits per heavy atom. The Labute approximate surface area is 192 Å². The molecule has 1 heterocycles. The fourth-order valence-electron chi connectivity index (χ4n) is 3.25. The van der Waals surface area contributed by atoms with Crippen molar-refractivity contribution in [1.82, 2.24) is 14.8 Å². The maximum Gasteiger partial charge on any atom is 0.352 e. The molecule has 0 spiro atoms. The van der Waals surface area contributed by atoms with E-state index in [-0.39, 0.29) is 6.61 Å². The van der Waals surface area contributed by atoms with E-state index in [0.717, 1.165) is 32.7 Å². The first-order valence-corrected chi connectivity index (χ1v) is 10.2. The highest BCUT2D eigenvalue weighted by Gasteiger charge is 2.21. The zero-order chi connectivity index (χ0) is 23.6. The number of aryl methyl sites for hydroxylation is 1. The van der Waals surface area contributed by atoms with E-state index >= 15 is 0 Å². The van der Waals surface area contributed by atoms with Gasteiger partial charge in [0.15, 0.2) is 0 Å². The van der Waals surface area contributed by atoms with Crippen LogP contribution in [0.25, 0.3) is 5.69 Å². The van der Waals surface area contributed by atoms with Gasteiger partial charge in [-0.25, -0.2) is 26.2 Å². The molecule has 0 fully saturated rings. The number of benzene rings is 2. The third-order valence-electron chi connectivity index (χ3n) is 5.28. The number of ether oxygens (including phenoxy) is 2. The lowest BCUT2D eigenvalue weighted by Gasteiger charge is -2.24. The highest BCUT2D eigenvalue weighted by Crippen LogP contribution is 2.33. The van der Waals surface area contributed by atoms with Crippen LogP contribution in [0.1, 0.15) is 22.5 Å². The maximum atomic E-state index is 12.2. The molecule has 0 radical (unpaired) electrons. The van der Waals surface area contributed by atoms with Gasteiger partial charge in [-0.2, -0.15) is 5.10 Å². The Kier molecular flexibility index (Phi) is 6.93. The number of amides is 2. The van der Waals surface area contributed by atoms with E-state index in [1.165, 1.54) is 14.2 Å². The lowest BCUT2D eigenvalue weighted by molar-refractivity contribution is 0.216. The van der Waals surface area contributed by atoms with Gasteiger partial charge in [0, 0.05) is 12.7 Å². The molecule has 2 amide bonds. The van der Waals surface area contributed by atoms with Crippen molar-refractivity contribution in [2.75, 3.05) is 19.2 Å². The van der Waals surface area contributed by atoms with Crippen LogP contribution in [0, 0.1) is 20.8 Å². The second-order valence-electron chi connectivity index (χ2n) is 7.33. The summed E-state index contributed by atoms with van der Waals surface area (Å²) in [6, 6.07) is 10.0. The van der Waals surface area contributed by atoms with Crippen LogP contribution in [0.2, 0.25) is 5.02 Å². The van der Waals surface area contributed by atoms with Crippen molar-refractivity contribution in [3.05, 3.63) is 63.9 Å². The molecular formula is C22H27ClN6O3. The maximum absolute atomic E-state index is 12.2. The average molecular weight is 459 g/mol. The molecule has 9 nitrogen and oxygen atoms in total. The van der Waals surface area contributed by atoms with Crippen molar-refractivity contribution < 1.29 is 14.3 Å². The SMILES string of the molecule is COc1cccc(N(N)C(=O)N(C)N)c1COc1ccc(-n2nc(C)c(C)c2C)cc1Cl. The molecule has 3 aromatic rings. The summed E-state index contributed by atoms with van der Waals surface area (Å²) in [5.74, 6) is 12.5. The molecule has 0 unspecified atom stereocenters. The number of carbonyl (C=O) groups excluding carboxylic acids is 1. The zero-order valence-corrected chi connectivity index (χ0v) is 19.5. The minimum atomic E-state index is -0.595. The van der Waals surface area contributed by atoms with Gasteiger partial charge >= 0.3 is 6.03 Å². The number of hydrazine groups is 2. The monoisotopic (exact) mass is 458 g/mol. The standard InChI is InChI=1S/C22H27ClN6O3/c1-13-14(2)26-29(15(13)3)16-9-10-21(18(23)11-16)32-12-17-19(7-6-8-20(17)31-5)28(25)22(30)27(4)24/h6-11H,12,24-25H2,1-5H3. The molecule has 170 valence electrons. The van der Waals surface area contributed by atoms with Crippen LogP contribution >= 0.6 is 11.6 Å². The Morgan fingerprint density at radius 3 is 2.44 bits per heavy atom. The summed E-state index contributed by atoms with van der Waals surface area (Å²) in [4.78, 5) is 12.2. The number of carbonyl (C=O) groups is 1. The molecule has 32 heavy (non-hydrogen) atoms. The molecule has 0 saturated carbocycles. The van der Waals surface area contributed by atoms with Crippen molar-refractivity contribution in [1.29, 1.82) is 0 Å². The number of nitrogens with zero attached hydrogens (tertiary/aromatic N) is 4. The summed E-state index contributed by atoms with van der Waals surface area (Å²) >= 11 is 6.50. The number of anilines is 1. The van der Waals surface area contributed by atoms with Gasteiger partial charge in [0.05, 0.1) is 34.8 Å². The second-order valence-corrected chi connectivity index (χ2v) is 7.74. The summed E-state index contributed by atoms with van der Waals surface area (Å²) in [6.07, 6.45) is 0. The summed E-state index contributed by atoms with van der Waals surface area (Å²) in [7, 11) is 2.93. The minimum absolute atomic E-state index is 0.0622. The summed E-state index contributed by atoms with van der Waals surface area (Å²) < 4.78 is 13.2. The lowest BCUT2D eigenvalue weighted by Crippen LogP contribution is -2.49. The highest BCUT2D eigenvalue weighted by atomic mass is 35.5. The van der Waals surface area contributed by atoms with Crippen LogP contribution in [0.3, 0.4) is 0 Å². The number of rotatable bonds is 6. The summed E-state index contributed by atoms with van der Waals surface area (Å²) in [5, 5.41) is 6.82. The fourth-order valence-corrected chi connectivity index (χ4v) is 3.48. The number of methoxy groups -OCH3 is 1. The van der Waals surface area contributed by atoms with Gasteiger partial charge in [0.25, 0.3) is 0 Å². The lowest BCUT2D eigenvalue weighted by atomic mass is 10.1. The first-order valence-electron chi connectivity index (χ1n) is 9.84. The van der Waals surface area contributed by atoms with E-state index < -0.39 is 6.03 Å². The quantitative estimate of drug-likeness (QED) is 0.331. The molecule has 0 aliphatic rings. The summed E-state index contributed by atoms with van der Waals surface area (Å²) in [6.45, 7) is 6.07. The average Bonchev–Trinajstić information content (AvgIpc) is 3.04. The molecule has 4 N–H and O–H groups in total. The van der Waals surface area contributed by atoms with E-state index in [2.05, 4.69) is 5.10 Å². The first-order chi connectivity index (χ1) is 15.1. The molecule has 2 aromatic carbocycles. The molecule has 0 saturated heterocycles. The van der Waals surface area contributed by atoms with Crippen LogP contribution in [-0.2, 0) is 6.61 Å². The number of hydrogen-bond donors (Lipinski definition) is 2. The molecule has 0 aliphatic carbocycles. The van der Waals surface area contributed by atoms with Gasteiger partial charge in [0.2, 0.25) is 0 Å². The van der Waals surface area contributed by atoms with E-state index in [0.29, 0.717) is 27.8 Å². The molecule has 3 rings (SSSR count). The number of halogens is 1. The highest BCUT2D eigenvalue weighted by molar-refractivity contribution is 6.32. The fraction of sp³-hybridized carbons (Fsp3) is 0.273. The van der Waals surface area contributed by atoms with E-state index in [4.69, 9.17) is 32.8 Å². The largest absolute Gasteiger partial charge is 0.496 e. The third kappa shape index (κ3) is 4.50. The normalized spacial score (nSPS) is 10.8. The van der Waals surface area contributed by atoms with Gasteiger partial charge < -0.3 is 9.47 Å². The van der Waals surface area contributed by atoms with Crippen LogP contribution in [0.4, 0.5) is 10.5 Å². The van der Waals surface area contributed by atoms with E-state index in [1.807, 2.05) is 31.5 Å². The molecule has 0 aliphatic heterocycles. The van der Waals surface area contributed by atoms with Gasteiger partial charge in [-0.05, 0) is 56.7 Å². The van der Waals surface area contributed by atoms with Crippen molar-refractivity contribution >= 4 is 23.3 Å². The smallest absolute Gasteiger partial charge is 0.352 e. The van der Waals surface area contributed by atoms with Crippen molar-refractivity contribution in [2.45, 2.75) is 27.4 Å². The van der Waals surface area contributed by atoms with Crippen LogP contribution in [0.15, 0.2) is 36.4 Å². The first kappa shape index (κ1) is 23.4. The number of aromatic nitrogens is 2. The summed E-state index contributed by atoms with van der Waals surface area (Å²) in [5.41, 5.74) is 4.95. The van der Waals surface area contributed by atoms with Gasteiger partial charge in [-0.3, -0.25) is 5.01 Å². The Bertz CT molecular complexity index is 1140. The van der Waals surface area contributed by atoms with Crippen molar-refractivity contribution in [2.24, 2.45) is 11.7 Å². The van der Waals surface area contributed by atoms with Crippen LogP contribution in [0.5, 0.6) is 11.5 Å². The van der Waals surface area contributed by atoms with Crippen molar-refractivity contribution in [3.63, 3.8) is 0 Å². The van der Waals surface area contributed by atoms with E-state index in [9.17, 15) is 4.79 Å². The number of urea groups is 1. The topological polar surface area (TPSA) is 112 Å². The third-order valence-corrected chi connectivity index (χ3v) is 5.58. The zero-order valence-electron chi connectivity index (χ0n) is 18.7. The second kappa shape index (κ2) is 9.47. The van der Waals surface area contributed by atoms with Crippen LogP contribution in [-0.4, -0.2) is 35.0 Å². The van der Waals surface area contributed by atoms with Crippen LogP contribution < -0.4 is 26.2 Å². The van der Waals surface area contributed by atoms with E-state index in [1.54, 1.807) is 30.3 Å². The molecule has 0 atom stereocenters. The number of nitrogens with two attached hydrogens (primary N) is 2.